The van der Waals surface area contributed by atoms with Crippen LogP contribution in [0.2, 0.25) is 0 Å². The van der Waals surface area contributed by atoms with Gasteiger partial charge in [-0.15, -0.1) is 11.6 Å². The Morgan fingerprint density at radius 3 is 2.63 bits per heavy atom. The van der Waals surface area contributed by atoms with Gasteiger partial charge in [-0.1, -0.05) is 0 Å². The van der Waals surface area contributed by atoms with Crippen LogP contribution in [-0.2, 0) is 10.6 Å². The van der Waals surface area contributed by atoms with Crippen molar-refractivity contribution in [2.45, 2.75) is 31.7 Å². The van der Waals surface area contributed by atoms with Crippen LogP contribution in [0.4, 0.5) is 14.5 Å². The van der Waals surface area contributed by atoms with Gasteiger partial charge in [-0.25, -0.2) is 8.78 Å². The van der Waals surface area contributed by atoms with E-state index in [4.69, 9.17) is 16.3 Å². The van der Waals surface area contributed by atoms with Gasteiger partial charge in [-0.2, -0.15) is 0 Å². The highest BCUT2D eigenvalue weighted by Gasteiger charge is 2.25. The van der Waals surface area contributed by atoms with Crippen LogP contribution in [-0.4, -0.2) is 25.8 Å². The van der Waals surface area contributed by atoms with Crippen LogP contribution >= 0.6 is 11.6 Å². The van der Waals surface area contributed by atoms with Crippen molar-refractivity contribution >= 4 is 17.3 Å². The fourth-order valence-electron chi connectivity index (χ4n) is 2.51. The number of rotatable bonds is 4. The summed E-state index contributed by atoms with van der Waals surface area (Å²) in [5.74, 6) is -0.990. The number of halogens is 3. The molecule has 1 atom stereocenters. The fraction of sp³-hybridized carbons (Fsp3) is 0.571. The maximum atomic E-state index is 14.0. The monoisotopic (exact) mass is 289 g/mol. The topological polar surface area (TPSA) is 12.5 Å². The Morgan fingerprint density at radius 1 is 1.37 bits per heavy atom. The van der Waals surface area contributed by atoms with E-state index in [2.05, 4.69) is 0 Å². The number of hydrogen-bond donors (Lipinski definition) is 0. The van der Waals surface area contributed by atoms with Crippen LogP contribution in [0, 0.1) is 11.6 Å². The van der Waals surface area contributed by atoms with E-state index in [1.165, 1.54) is 12.1 Å². The van der Waals surface area contributed by atoms with Crippen LogP contribution in [0.15, 0.2) is 12.1 Å². The SMILES string of the molecule is CCOC1CCCN(c2c(F)cc(CCl)cc2F)C1. The molecule has 2 nitrogen and oxygen atoms in total. The zero-order chi connectivity index (χ0) is 13.8. The summed E-state index contributed by atoms with van der Waals surface area (Å²) in [5.41, 5.74) is 0.497. The van der Waals surface area contributed by atoms with Crippen molar-refractivity contribution in [1.29, 1.82) is 0 Å². The Bertz CT molecular complexity index is 416. The molecule has 1 aliphatic heterocycles. The van der Waals surface area contributed by atoms with Crippen LogP contribution in [0.1, 0.15) is 25.3 Å². The first-order chi connectivity index (χ1) is 9.15. The molecule has 1 aromatic rings. The molecule has 5 heteroatoms. The second kappa shape index (κ2) is 6.53. The number of ether oxygens (including phenoxy) is 1. The Hall–Kier alpha value is -0.870. The predicted octanol–water partition coefficient (Wildman–Crippen LogP) is 3.71. The average molecular weight is 290 g/mol. The molecule has 106 valence electrons. The molecule has 1 unspecified atom stereocenters. The molecule has 1 fully saturated rings. The van der Waals surface area contributed by atoms with E-state index in [-0.39, 0.29) is 17.7 Å². The van der Waals surface area contributed by atoms with Crippen molar-refractivity contribution in [3.63, 3.8) is 0 Å². The van der Waals surface area contributed by atoms with Crippen LogP contribution < -0.4 is 4.90 Å². The van der Waals surface area contributed by atoms with Gasteiger partial charge in [-0.05, 0) is 37.5 Å². The summed E-state index contributed by atoms with van der Waals surface area (Å²) in [6.07, 6.45) is 1.86. The van der Waals surface area contributed by atoms with Crippen molar-refractivity contribution in [1.82, 2.24) is 0 Å². The molecule has 0 amide bonds. The number of hydrogen-bond acceptors (Lipinski definition) is 2. The quantitative estimate of drug-likeness (QED) is 0.784. The predicted molar refractivity (Wildman–Crippen MR) is 72.8 cm³/mol. The third-order valence-corrected chi connectivity index (χ3v) is 3.64. The molecule has 19 heavy (non-hydrogen) atoms. The van der Waals surface area contributed by atoms with E-state index in [1.807, 2.05) is 6.92 Å². The molecule has 0 aromatic heterocycles. The number of piperidine rings is 1. The lowest BCUT2D eigenvalue weighted by Crippen LogP contribution is -2.40. The summed E-state index contributed by atoms with van der Waals surface area (Å²) in [7, 11) is 0. The van der Waals surface area contributed by atoms with Crippen molar-refractivity contribution in [2.24, 2.45) is 0 Å². The zero-order valence-corrected chi connectivity index (χ0v) is 11.7. The summed E-state index contributed by atoms with van der Waals surface area (Å²) >= 11 is 5.61. The normalized spacial score (nSPS) is 19.8. The van der Waals surface area contributed by atoms with E-state index in [1.54, 1.807) is 4.90 Å². The molecule has 1 aliphatic rings. The molecule has 0 aliphatic carbocycles. The van der Waals surface area contributed by atoms with E-state index in [9.17, 15) is 8.78 Å². The fourth-order valence-corrected chi connectivity index (χ4v) is 2.66. The summed E-state index contributed by atoms with van der Waals surface area (Å²) in [6, 6.07) is 2.60. The smallest absolute Gasteiger partial charge is 0.149 e. The molecule has 0 bridgehead atoms. The highest BCUT2D eigenvalue weighted by Crippen LogP contribution is 2.28. The van der Waals surface area contributed by atoms with Gasteiger partial charge in [0.2, 0.25) is 0 Å². The average Bonchev–Trinajstić information content (AvgIpc) is 2.38. The van der Waals surface area contributed by atoms with Gasteiger partial charge >= 0.3 is 0 Å². The minimum absolute atomic E-state index is 0.0401. The van der Waals surface area contributed by atoms with E-state index >= 15 is 0 Å². The summed E-state index contributed by atoms with van der Waals surface area (Å²) in [6.45, 7) is 3.73. The molecule has 0 saturated carbocycles. The first-order valence-electron chi connectivity index (χ1n) is 6.56. The minimum Gasteiger partial charge on any atom is -0.377 e. The molecule has 0 spiro atoms. The van der Waals surface area contributed by atoms with Gasteiger partial charge in [0.15, 0.2) is 0 Å². The molecule has 1 saturated heterocycles. The van der Waals surface area contributed by atoms with E-state index in [0.717, 1.165) is 12.8 Å². The summed E-state index contributed by atoms with van der Waals surface area (Å²) in [4.78, 5) is 1.73. The number of nitrogens with zero attached hydrogens (tertiary/aromatic N) is 1. The highest BCUT2D eigenvalue weighted by atomic mass is 35.5. The summed E-state index contributed by atoms with van der Waals surface area (Å²) in [5, 5.41) is 0. The van der Waals surface area contributed by atoms with Gasteiger partial charge in [0, 0.05) is 25.6 Å². The van der Waals surface area contributed by atoms with Crippen molar-refractivity contribution in [3.8, 4) is 0 Å². The maximum absolute atomic E-state index is 14.0. The van der Waals surface area contributed by atoms with Crippen LogP contribution in [0.5, 0.6) is 0 Å². The van der Waals surface area contributed by atoms with Gasteiger partial charge in [-0.3, -0.25) is 0 Å². The van der Waals surface area contributed by atoms with Gasteiger partial charge in [0.05, 0.1) is 6.10 Å². The van der Waals surface area contributed by atoms with Gasteiger partial charge in [0.25, 0.3) is 0 Å². The van der Waals surface area contributed by atoms with Gasteiger partial charge in [0.1, 0.15) is 17.3 Å². The van der Waals surface area contributed by atoms with Crippen molar-refractivity contribution < 1.29 is 13.5 Å². The van der Waals surface area contributed by atoms with E-state index < -0.39 is 11.6 Å². The Balaban J connectivity index is 2.21. The molecule has 0 N–H and O–H groups in total. The summed E-state index contributed by atoms with van der Waals surface area (Å²) < 4.78 is 33.6. The zero-order valence-electron chi connectivity index (χ0n) is 11.0. The third-order valence-electron chi connectivity index (χ3n) is 3.33. The minimum atomic E-state index is -0.548. The Kier molecular flexibility index (Phi) is 4.99. The second-order valence-corrected chi connectivity index (χ2v) is 4.97. The number of benzene rings is 1. The lowest BCUT2D eigenvalue weighted by molar-refractivity contribution is 0.0524. The molecule has 0 radical (unpaired) electrons. The van der Waals surface area contributed by atoms with Crippen LogP contribution in [0.25, 0.3) is 0 Å². The maximum Gasteiger partial charge on any atom is 0.149 e. The van der Waals surface area contributed by atoms with E-state index in [0.29, 0.717) is 25.3 Å². The lowest BCUT2D eigenvalue weighted by atomic mass is 10.1. The number of alkyl halides is 1. The lowest BCUT2D eigenvalue weighted by Gasteiger charge is -2.34. The van der Waals surface area contributed by atoms with Gasteiger partial charge < -0.3 is 9.64 Å². The molecule has 1 aromatic carbocycles. The first kappa shape index (κ1) is 14.5. The third kappa shape index (κ3) is 3.37. The Morgan fingerprint density at radius 2 is 2.05 bits per heavy atom. The van der Waals surface area contributed by atoms with Crippen molar-refractivity contribution in [3.05, 3.63) is 29.3 Å². The van der Waals surface area contributed by atoms with Crippen molar-refractivity contribution in [2.75, 3.05) is 24.6 Å². The Labute approximate surface area is 117 Å². The molecular weight excluding hydrogens is 272 g/mol. The second-order valence-electron chi connectivity index (χ2n) is 4.71. The molecule has 2 rings (SSSR count). The molecular formula is C14H18ClF2NO. The largest absolute Gasteiger partial charge is 0.377 e. The highest BCUT2D eigenvalue weighted by molar-refractivity contribution is 6.17. The standard InChI is InChI=1S/C14H18ClF2NO/c1-2-19-11-4-3-5-18(9-11)14-12(16)6-10(8-15)7-13(14)17/h6-7,11H,2-5,8-9H2,1H3. The first-order valence-corrected chi connectivity index (χ1v) is 7.09. The molecule has 1 heterocycles. The van der Waals surface area contributed by atoms with Crippen LogP contribution in [0.3, 0.4) is 0 Å². The number of anilines is 1.